The van der Waals surface area contributed by atoms with Gasteiger partial charge < -0.3 is 15.4 Å². The summed E-state index contributed by atoms with van der Waals surface area (Å²) >= 11 is 0. The monoisotopic (exact) mass is 336 g/mol. The third-order valence-electron chi connectivity index (χ3n) is 3.72. The van der Waals surface area contributed by atoms with E-state index >= 15 is 0 Å². The van der Waals surface area contributed by atoms with E-state index in [1.807, 2.05) is 60.8 Å². The van der Waals surface area contributed by atoms with Gasteiger partial charge in [-0.05, 0) is 35.9 Å². The van der Waals surface area contributed by atoms with Crippen LogP contribution in [0.15, 0.2) is 67.0 Å². The van der Waals surface area contributed by atoms with Crippen molar-refractivity contribution in [3.05, 3.63) is 72.6 Å². The largest absolute Gasteiger partial charge is 0.497 e. The van der Waals surface area contributed by atoms with Gasteiger partial charge in [0.1, 0.15) is 5.75 Å². The second kappa shape index (κ2) is 8.01. The molecule has 1 amide bonds. The summed E-state index contributed by atoms with van der Waals surface area (Å²) in [5.41, 5.74) is 2.74. The van der Waals surface area contributed by atoms with Gasteiger partial charge in [0.15, 0.2) is 0 Å². The first kappa shape index (κ1) is 16.6. The minimum atomic E-state index is -0.0851. The van der Waals surface area contributed by atoms with E-state index < -0.39 is 0 Å². The molecule has 128 valence electrons. The Balaban J connectivity index is 1.56. The van der Waals surface area contributed by atoms with Crippen molar-refractivity contribution in [1.82, 2.24) is 15.1 Å². The van der Waals surface area contributed by atoms with Gasteiger partial charge in [0, 0.05) is 18.9 Å². The van der Waals surface area contributed by atoms with Crippen LogP contribution in [0.3, 0.4) is 0 Å². The highest BCUT2D eigenvalue weighted by atomic mass is 16.5. The van der Waals surface area contributed by atoms with Crippen molar-refractivity contribution in [3.63, 3.8) is 0 Å². The molecular weight excluding hydrogens is 316 g/mol. The van der Waals surface area contributed by atoms with Crippen LogP contribution in [0.1, 0.15) is 5.56 Å². The lowest BCUT2D eigenvalue weighted by Crippen LogP contribution is -2.29. The molecule has 3 rings (SSSR count). The van der Waals surface area contributed by atoms with Crippen molar-refractivity contribution in [3.8, 4) is 11.4 Å². The highest BCUT2D eigenvalue weighted by Gasteiger charge is 2.06. The fourth-order valence-corrected chi connectivity index (χ4v) is 2.46. The number of anilines is 1. The number of ether oxygens (including phenoxy) is 1. The first-order valence-electron chi connectivity index (χ1n) is 7.99. The quantitative estimate of drug-likeness (QED) is 0.696. The van der Waals surface area contributed by atoms with Crippen LogP contribution in [0.2, 0.25) is 0 Å². The zero-order valence-corrected chi connectivity index (χ0v) is 14.0. The molecule has 0 saturated carbocycles. The lowest BCUT2D eigenvalue weighted by atomic mass is 10.2. The van der Waals surface area contributed by atoms with Crippen LogP contribution in [0.4, 0.5) is 5.69 Å². The van der Waals surface area contributed by atoms with Crippen LogP contribution < -0.4 is 15.4 Å². The number of carbonyl (C=O) groups excluding carboxylic acids is 1. The third kappa shape index (κ3) is 4.38. The summed E-state index contributed by atoms with van der Waals surface area (Å²) in [6, 6.07) is 17.2. The fraction of sp³-hybridized carbons (Fsp3) is 0.158. The van der Waals surface area contributed by atoms with Gasteiger partial charge in [0.2, 0.25) is 5.91 Å². The van der Waals surface area contributed by atoms with E-state index in [-0.39, 0.29) is 12.5 Å². The highest BCUT2D eigenvalue weighted by molar-refractivity contribution is 5.81. The van der Waals surface area contributed by atoms with Gasteiger partial charge >= 0.3 is 0 Å². The van der Waals surface area contributed by atoms with Gasteiger partial charge in [-0.1, -0.05) is 24.3 Å². The first-order chi connectivity index (χ1) is 12.3. The number of nitrogens with one attached hydrogen (secondary N) is 2. The van der Waals surface area contributed by atoms with E-state index in [0.29, 0.717) is 6.54 Å². The molecule has 0 aliphatic carbocycles. The molecule has 0 fully saturated rings. The summed E-state index contributed by atoms with van der Waals surface area (Å²) in [7, 11) is 1.62. The van der Waals surface area contributed by atoms with E-state index in [1.165, 1.54) is 0 Å². The van der Waals surface area contributed by atoms with Crippen molar-refractivity contribution in [2.45, 2.75) is 6.54 Å². The predicted octanol–water partition coefficient (Wildman–Crippen LogP) is 2.61. The highest BCUT2D eigenvalue weighted by Crippen LogP contribution is 2.18. The van der Waals surface area contributed by atoms with E-state index in [2.05, 4.69) is 15.7 Å². The molecule has 0 saturated heterocycles. The molecule has 0 radical (unpaired) electrons. The van der Waals surface area contributed by atoms with Gasteiger partial charge in [0.25, 0.3) is 0 Å². The number of hydrogen-bond acceptors (Lipinski definition) is 4. The molecule has 2 N–H and O–H groups in total. The Kier molecular flexibility index (Phi) is 5.31. The van der Waals surface area contributed by atoms with Gasteiger partial charge in [-0.3, -0.25) is 4.79 Å². The zero-order chi connectivity index (χ0) is 17.5. The molecule has 3 aromatic rings. The molecule has 0 aliphatic heterocycles. The third-order valence-corrected chi connectivity index (χ3v) is 3.72. The summed E-state index contributed by atoms with van der Waals surface area (Å²) in [5, 5.41) is 10.3. The molecular formula is C19H20N4O2. The number of nitrogens with zero attached hydrogens (tertiary/aromatic N) is 2. The molecule has 0 unspecified atom stereocenters. The van der Waals surface area contributed by atoms with Crippen LogP contribution in [-0.2, 0) is 11.3 Å². The van der Waals surface area contributed by atoms with E-state index in [0.717, 1.165) is 22.7 Å². The molecule has 0 atom stereocenters. The van der Waals surface area contributed by atoms with Crippen molar-refractivity contribution < 1.29 is 9.53 Å². The molecule has 1 heterocycles. The maximum absolute atomic E-state index is 12.1. The lowest BCUT2D eigenvalue weighted by molar-refractivity contribution is -0.119. The Morgan fingerprint density at radius 3 is 2.84 bits per heavy atom. The number of carbonyl (C=O) groups is 1. The Morgan fingerprint density at radius 1 is 1.16 bits per heavy atom. The van der Waals surface area contributed by atoms with Crippen LogP contribution in [0, 0.1) is 0 Å². The smallest absolute Gasteiger partial charge is 0.239 e. The molecule has 0 aliphatic rings. The topological polar surface area (TPSA) is 68.2 Å². The molecule has 0 spiro atoms. The second-order valence-electron chi connectivity index (χ2n) is 5.45. The Bertz CT molecular complexity index is 831. The van der Waals surface area contributed by atoms with Crippen LogP contribution in [-0.4, -0.2) is 29.3 Å². The maximum atomic E-state index is 12.1. The Morgan fingerprint density at radius 2 is 2.04 bits per heavy atom. The van der Waals surface area contributed by atoms with Crippen LogP contribution in [0.5, 0.6) is 5.75 Å². The van der Waals surface area contributed by atoms with Crippen molar-refractivity contribution in [1.29, 1.82) is 0 Å². The fourth-order valence-electron chi connectivity index (χ4n) is 2.46. The molecule has 2 aromatic carbocycles. The van der Waals surface area contributed by atoms with Crippen molar-refractivity contribution >= 4 is 11.6 Å². The lowest BCUT2D eigenvalue weighted by Gasteiger charge is -2.12. The number of hydrogen-bond donors (Lipinski definition) is 2. The molecule has 6 nitrogen and oxygen atoms in total. The Labute approximate surface area is 146 Å². The molecule has 0 bridgehead atoms. The van der Waals surface area contributed by atoms with E-state index in [1.54, 1.807) is 18.0 Å². The van der Waals surface area contributed by atoms with Crippen molar-refractivity contribution in [2.75, 3.05) is 19.0 Å². The van der Waals surface area contributed by atoms with Crippen LogP contribution in [0.25, 0.3) is 5.69 Å². The van der Waals surface area contributed by atoms with Gasteiger partial charge in [-0.25, -0.2) is 4.68 Å². The van der Waals surface area contributed by atoms with Crippen LogP contribution >= 0.6 is 0 Å². The summed E-state index contributed by atoms with van der Waals surface area (Å²) in [4.78, 5) is 12.1. The van der Waals surface area contributed by atoms with E-state index in [9.17, 15) is 4.79 Å². The minimum absolute atomic E-state index is 0.0851. The minimum Gasteiger partial charge on any atom is -0.497 e. The average molecular weight is 336 g/mol. The number of aromatic nitrogens is 2. The summed E-state index contributed by atoms with van der Waals surface area (Å²) < 4.78 is 6.94. The average Bonchev–Trinajstić information content (AvgIpc) is 3.19. The summed E-state index contributed by atoms with van der Waals surface area (Å²) in [5.74, 6) is 0.691. The molecule has 25 heavy (non-hydrogen) atoms. The van der Waals surface area contributed by atoms with Gasteiger partial charge in [-0.2, -0.15) is 5.10 Å². The summed E-state index contributed by atoms with van der Waals surface area (Å²) in [6.45, 7) is 0.640. The number of methoxy groups -OCH3 is 1. The molecule has 6 heteroatoms. The summed E-state index contributed by atoms with van der Waals surface area (Å²) in [6.07, 6.45) is 3.58. The zero-order valence-electron chi connectivity index (χ0n) is 14.0. The van der Waals surface area contributed by atoms with Gasteiger partial charge in [0.05, 0.1) is 25.0 Å². The SMILES string of the molecule is COc1cccc(CNC(=O)CNc2ccccc2-n2cccn2)c1. The molecule has 1 aromatic heterocycles. The Hall–Kier alpha value is -3.28. The number of amides is 1. The van der Waals surface area contributed by atoms with Gasteiger partial charge in [-0.15, -0.1) is 0 Å². The predicted molar refractivity (Wildman–Crippen MR) is 96.9 cm³/mol. The number of para-hydroxylation sites is 2. The van der Waals surface area contributed by atoms with E-state index in [4.69, 9.17) is 4.74 Å². The van der Waals surface area contributed by atoms with Crippen molar-refractivity contribution in [2.24, 2.45) is 0 Å². The number of benzene rings is 2. The second-order valence-corrected chi connectivity index (χ2v) is 5.45. The normalized spacial score (nSPS) is 10.3. The standard InChI is InChI=1S/C19H20N4O2/c1-25-16-7-4-6-15(12-16)13-21-19(24)14-20-17-8-2-3-9-18(17)23-11-5-10-22-23/h2-12,20H,13-14H2,1H3,(H,21,24). The first-order valence-corrected chi connectivity index (χ1v) is 7.99. The maximum Gasteiger partial charge on any atom is 0.239 e. The number of rotatable bonds is 7.